The van der Waals surface area contributed by atoms with E-state index in [0.717, 1.165) is 16.9 Å². The maximum atomic E-state index is 12.1. The Hall–Kier alpha value is -1.46. The fourth-order valence-electron chi connectivity index (χ4n) is 5.55. The SMILES string of the molecule is O=c1[nH]c2c(s1)[C@H](c1c[nH]c3ccccc13)[C@H]1[C@H]3CC[C@@H](C3)[C@@H]1S2. The lowest BCUT2D eigenvalue weighted by Gasteiger charge is -2.39. The minimum Gasteiger partial charge on any atom is -0.361 e. The number of hydrogen-bond acceptors (Lipinski definition) is 3. The van der Waals surface area contributed by atoms with Crippen molar-refractivity contribution in [3.63, 3.8) is 0 Å². The smallest absolute Gasteiger partial charge is 0.305 e. The molecule has 122 valence electrons. The van der Waals surface area contributed by atoms with Gasteiger partial charge in [0.05, 0.1) is 5.03 Å². The number of nitrogens with one attached hydrogen (secondary N) is 2. The Morgan fingerprint density at radius 3 is 2.96 bits per heavy atom. The first-order valence-electron chi connectivity index (χ1n) is 8.75. The third-order valence-electron chi connectivity index (χ3n) is 6.42. The number of hydrogen-bond donors (Lipinski definition) is 2. The highest BCUT2D eigenvalue weighted by atomic mass is 32.2. The average Bonchev–Trinajstić information content (AvgIpc) is 3.34. The van der Waals surface area contributed by atoms with Crippen LogP contribution in [0.15, 0.2) is 40.3 Å². The van der Waals surface area contributed by atoms with Gasteiger partial charge in [0.1, 0.15) is 0 Å². The molecule has 0 unspecified atom stereocenters. The standard InChI is InChI=1S/C19H18N2OS2/c22-19-21-18-17(24-19)15(12-8-20-13-4-2-1-3-11(12)13)14-9-5-6-10(7-9)16(14)23-18/h1-4,8-10,14-16,20H,5-7H2,(H,21,22)/t9-,10-,14+,15+,16-/m0/s1. The Balaban J connectivity index is 1.61. The lowest BCUT2D eigenvalue weighted by atomic mass is 9.75. The van der Waals surface area contributed by atoms with Crippen molar-refractivity contribution in [3.8, 4) is 0 Å². The lowest BCUT2D eigenvalue weighted by Crippen LogP contribution is -2.33. The second kappa shape index (κ2) is 4.79. The summed E-state index contributed by atoms with van der Waals surface area (Å²) in [5.41, 5.74) is 2.60. The van der Waals surface area contributed by atoms with Gasteiger partial charge in [-0.15, -0.1) is 11.8 Å². The molecular formula is C19H18N2OS2. The Kier molecular flexibility index (Phi) is 2.75. The van der Waals surface area contributed by atoms with Gasteiger partial charge in [0.2, 0.25) is 0 Å². The number of H-pyrrole nitrogens is 2. The Morgan fingerprint density at radius 2 is 2.00 bits per heavy atom. The zero-order valence-corrected chi connectivity index (χ0v) is 14.8. The molecular weight excluding hydrogens is 336 g/mol. The minimum atomic E-state index is 0.102. The lowest BCUT2D eigenvalue weighted by molar-refractivity contribution is 0.308. The molecule has 24 heavy (non-hydrogen) atoms. The second-order valence-corrected chi connectivity index (χ2v) is 9.67. The highest BCUT2D eigenvalue weighted by molar-refractivity contribution is 8.00. The van der Waals surface area contributed by atoms with Crippen LogP contribution in [0.1, 0.15) is 35.6 Å². The van der Waals surface area contributed by atoms with E-state index in [1.54, 1.807) is 0 Å². The number of thiazole rings is 1. The molecule has 3 aromatic rings. The van der Waals surface area contributed by atoms with Crippen LogP contribution >= 0.6 is 23.1 Å². The summed E-state index contributed by atoms with van der Waals surface area (Å²) in [6.07, 6.45) is 6.34. The van der Waals surface area contributed by atoms with Gasteiger partial charge in [-0.1, -0.05) is 29.5 Å². The first kappa shape index (κ1) is 13.8. The first-order chi connectivity index (χ1) is 11.8. The van der Waals surface area contributed by atoms with Gasteiger partial charge >= 0.3 is 4.87 Å². The molecule has 1 aromatic carbocycles. The molecule has 2 saturated carbocycles. The number of aromatic amines is 2. The molecule has 5 heteroatoms. The highest BCUT2D eigenvalue weighted by Crippen LogP contribution is 2.64. The topological polar surface area (TPSA) is 48.6 Å². The molecule has 0 spiro atoms. The number of fused-ring (bicyclic) bond motifs is 7. The molecule has 2 N–H and O–H groups in total. The van der Waals surface area contributed by atoms with Crippen LogP contribution < -0.4 is 4.87 Å². The molecule has 0 amide bonds. The predicted molar refractivity (Wildman–Crippen MR) is 99.0 cm³/mol. The van der Waals surface area contributed by atoms with E-state index in [2.05, 4.69) is 40.4 Å². The third kappa shape index (κ3) is 1.72. The number of aromatic nitrogens is 2. The summed E-state index contributed by atoms with van der Waals surface area (Å²) in [6, 6.07) is 8.57. The van der Waals surface area contributed by atoms with E-state index >= 15 is 0 Å². The summed E-state index contributed by atoms with van der Waals surface area (Å²) in [5.74, 6) is 2.74. The molecule has 1 aliphatic heterocycles. The van der Waals surface area contributed by atoms with Crippen molar-refractivity contribution >= 4 is 34.0 Å². The van der Waals surface area contributed by atoms with Gasteiger partial charge in [0.15, 0.2) is 0 Å². The van der Waals surface area contributed by atoms with E-state index in [1.165, 1.54) is 51.9 Å². The summed E-state index contributed by atoms with van der Waals surface area (Å²) in [7, 11) is 0. The Labute approximate surface area is 147 Å². The van der Waals surface area contributed by atoms with Crippen LogP contribution in [0.2, 0.25) is 0 Å². The summed E-state index contributed by atoms with van der Waals surface area (Å²) in [5, 5.41) is 3.15. The van der Waals surface area contributed by atoms with E-state index in [0.29, 0.717) is 17.1 Å². The van der Waals surface area contributed by atoms with Crippen molar-refractivity contribution in [3.05, 3.63) is 50.6 Å². The maximum absolute atomic E-state index is 12.1. The van der Waals surface area contributed by atoms with Crippen molar-refractivity contribution in [2.45, 2.75) is 35.5 Å². The molecule has 5 atom stereocenters. The molecule has 2 fully saturated rings. The minimum absolute atomic E-state index is 0.102. The molecule has 2 aliphatic carbocycles. The van der Waals surface area contributed by atoms with Crippen LogP contribution in [-0.4, -0.2) is 15.2 Å². The first-order valence-corrected chi connectivity index (χ1v) is 10.4. The molecule has 0 saturated heterocycles. The van der Waals surface area contributed by atoms with Gasteiger partial charge in [-0.2, -0.15) is 0 Å². The zero-order chi connectivity index (χ0) is 15.8. The van der Waals surface area contributed by atoms with Gasteiger partial charge in [0.25, 0.3) is 0 Å². The fourth-order valence-corrected chi connectivity index (χ4v) is 8.43. The quantitative estimate of drug-likeness (QED) is 0.672. The van der Waals surface area contributed by atoms with Crippen LogP contribution in [0, 0.1) is 17.8 Å². The monoisotopic (exact) mass is 354 g/mol. The van der Waals surface area contributed by atoms with Crippen molar-refractivity contribution in [1.82, 2.24) is 9.97 Å². The summed E-state index contributed by atoms with van der Waals surface area (Å²) in [4.78, 5) is 20.0. The second-order valence-electron chi connectivity index (χ2n) is 7.47. The van der Waals surface area contributed by atoms with Gasteiger partial charge in [-0.3, -0.25) is 4.79 Å². The van der Waals surface area contributed by atoms with E-state index in [4.69, 9.17) is 0 Å². The number of thioether (sulfide) groups is 1. The fraction of sp³-hybridized carbons (Fsp3) is 0.421. The third-order valence-corrected chi connectivity index (χ3v) is 9.05. The van der Waals surface area contributed by atoms with E-state index < -0.39 is 0 Å². The van der Waals surface area contributed by atoms with E-state index in [-0.39, 0.29) is 4.87 Å². The number of benzene rings is 1. The van der Waals surface area contributed by atoms with Crippen LogP contribution in [0.4, 0.5) is 0 Å². The summed E-state index contributed by atoms with van der Waals surface area (Å²) in [6.45, 7) is 0. The van der Waals surface area contributed by atoms with Gasteiger partial charge in [-0.05, 0) is 48.6 Å². The predicted octanol–water partition coefficient (Wildman–Crippen LogP) is 4.57. The van der Waals surface area contributed by atoms with Gasteiger partial charge in [0, 0.05) is 33.1 Å². The number of rotatable bonds is 1. The summed E-state index contributed by atoms with van der Waals surface area (Å²) < 4.78 is 0. The maximum Gasteiger partial charge on any atom is 0.305 e. The molecule has 0 radical (unpaired) electrons. The molecule has 2 aromatic heterocycles. The molecule has 3 nitrogen and oxygen atoms in total. The van der Waals surface area contributed by atoms with Crippen molar-refractivity contribution in [2.75, 3.05) is 0 Å². The van der Waals surface area contributed by atoms with E-state index in [9.17, 15) is 4.79 Å². The normalized spacial score (nSPS) is 33.8. The molecule has 2 bridgehead atoms. The van der Waals surface area contributed by atoms with Gasteiger partial charge in [-0.25, -0.2) is 0 Å². The van der Waals surface area contributed by atoms with E-state index in [1.807, 2.05) is 11.8 Å². The average molecular weight is 355 g/mol. The molecule has 3 heterocycles. The van der Waals surface area contributed by atoms with Crippen molar-refractivity contribution in [2.24, 2.45) is 17.8 Å². The summed E-state index contributed by atoms with van der Waals surface area (Å²) >= 11 is 3.40. The largest absolute Gasteiger partial charge is 0.361 e. The van der Waals surface area contributed by atoms with Gasteiger partial charge < -0.3 is 9.97 Å². The number of para-hydroxylation sites is 1. The Bertz CT molecular complexity index is 1000. The van der Waals surface area contributed by atoms with Crippen molar-refractivity contribution < 1.29 is 0 Å². The van der Waals surface area contributed by atoms with Crippen LogP contribution in [0.5, 0.6) is 0 Å². The van der Waals surface area contributed by atoms with Crippen molar-refractivity contribution in [1.29, 1.82) is 0 Å². The molecule has 6 rings (SSSR count). The van der Waals surface area contributed by atoms with Crippen LogP contribution in [0.3, 0.4) is 0 Å². The molecule has 3 aliphatic rings. The van der Waals surface area contributed by atoms with Crippen LogP contribution in [-0.2, 0) is 0 Å². The Morgan fingerprint density at radius 1 is 1.12 bits per heavy atom. The zero-order valence-electron chi connectivity index (χ0n) is 13.1. The highest BCUT2D eigenvalue weighted by Gasteiger charge is 2.55. The van der Waals surface area contributed by atoms with Crippen LogP contribution in [0.25, 0.3) is 10.9 Å².